The van der Waals surface area contributed by atoms with Crippen molar-refractivity contribution in [2.75, 3.05) is 5.75 Å². The van der Waals surface area contributed by atoms with Crippen molar-refractivity contribution < 1.29 is 8.42 Å². The van der Waals surface area contributed by atoms with Gasteiger partial charge in [-0.15, -0.1) is 4.09 Å². The molecule has 0 N–H and O–H groups in total. The van der Waals surface area contributed by atoms with Gasteiger partial charge in [-0.1, -0.05) is 13.8 Å². The smallest absolute Gasteiger partial charge is 0.265 e. The van der Waals surface area contributed by atoms with E-state index in [-0.39, 0.29) is 16.1 Å². The van der Waals surface area contributed by atoms with E-state index < -0.39 is 15.6 Å². The summed E-state index contributed by atoms with van der Waals surface area (Å²) in [5, 5.41) is 3.60. The number of aromatic nitrogens is 2. The fraction of sp³-hybridized carbons (Fsp3) is 0.500. The SMILES string of the molecule is CC(C)CS(=O)(=O)n1ncc(Br)c(Br)c1=O. The lowest BCUT2D eigenvalue weighted by molar-refractivity contribution is 0.562. The van der Waals surface area contributed by atoms with Crippen LogP contribution in [0.5, 0.6) is 0 Å². The zero-order valence-electron chi connectivity index (χ0n) is 8.65. The summed E-state index contributed by atoms with van der Waals surface area (Å²) in [7, 11) is -3.69. The summed E-state index contributed by atoms with van der Waals surface area (Å²) in [6, 6.07) is 0. The molecule has 1 aromatic heterocycles. The Kier molecular flexibility index (Phi) is 4.30. The van der Waals surface area contributed by atoms with Crippen LogP contribution in [0.25, 0.3) is 0 Å². The Morgan fingerprint density at radius 1 is 1.44 bits per heavy atom. The van der Waals surface area contributed by atoms with Crippen LogP contribution in [0.1, 0.15) is 13.8 Å². The monoisotopic (exact) mass is 372 g/mol. The second kappa shape index (κ2) is 4.97. The summed E-state index contributed by atoms with van der Waals surface area (Å²) in [6.07, 6.45) is 1.27. The van der Waals surface area contributed by atoms with Gasteiger partial charge in [0.2, 0.25) is 0 Å². The molecule has 0 atom stereocenters. The van der Waals surface area contributed by atoms with Crippen molar-refractivity contribution in [1.82, 2.24) is 9.19 Å². The van der Waals surface area contributed by atoms with E-state index >= 15 is 0 Å². The Hall–Kier alpha value is -0.210. The van der Waals surface area contributed by atoms with E-state index in [1.54, 1.807) is 13.8 Å². The van der Waals surface area contributed by atoms with Crippen molar-refractivity contribution in [2.45, 2.75) is 13.8 Å². The molecule has 1 heterocycles. The van der Waals surface area contributed by atoms with Crippen LogP contribution < -0.4 is 5.56 Å². The van der Waals surface area contributed by atoms with Gasteiger partial charge in [0.05, 0.1) is 16.4 Å². The normalized spacial score (nSPS) is 12.1. The summed E-state index contributed by atoms with van der Waals surface area (Å²) >= 11 is 6.08. The minimum absolute atomic E-state index is 0.0684. The Labute approximate surface area is 110 Å². The van der Waals surface area contributed by atoms with Crippen molar-refractivity contribution in [1.29, 1.82) is 0 Å². The first-order valence-electron chi connectivity index (χ1n) is 4.42. The van der Waals surface area contributed by atoms with Crippen LogP contribution in [0.15, 0.2) is 19.9 Å². The third-order valence-corrected chi connectivity index (χ3v) is 5.43. The van der Waals surface area contributed by atoms with Crippen molar-refractivity contribution >= 4 is 41.9 Å². The predicted molar refractivity (Wildman–Crippen MR) is 67.9 cm³/mol. The van der Waals surface area contributed by atoms with Gasteiger partial charge in [0.25, 0.3) is 15.6 Å². The molecular weight excluding hydrogens is 364 g/mol. The van der Waals surface area contributed by atoms with Gasteiger partial charge in [0.15, 0.2) is 0 Å². The van der Waals surface area contributed by atoms with Crippen LogP contribution in [0, 0.1) is 5.92 Å². The highest BCUT2D eigenvalue weighted by molar-refractivity contribution is 9.13. The van der Waals surface area contributed by atoms with Gasteiger partial charge >= 0.3 is 0 Å². The van der Waals surface area contributed by atoms with Crippen molar-refractivity contribution in [3.63, 3.8) is 0 Å². The summed E-state index contributed by atoms with van der Waals surface area (Å²) in [5.74, 6) is -0.185. The number of hydrogen-bond donors (Lipinski definition) is 0. The van der Waals surface area contributed by atoms with E-state index in [0.717, 1.165) is 0 Å². The van der Waals surface area contributed by atoms with Gasteiger partial charge in [-0.3, -0.25) is 4.79 Å². The molecule has 0 saturated heterocycles. The molecule has 0 spiro atoms. The van der Waals surface area contributed by atoms with Crippen LogP contribution in [0.4, 0.5) is 0 Å². The molecule has 0 saturated carbocycles. The van der Waals surface area contributed by atoms with E-state index in [2.05, 4.69) is 37.0 Å². The lowest BCUT2D eigenvalue weighted by Gasteiger charge is -2.08. The number of nitrogens with zero attached hydrogens (tertiary/aromatic N) is 2. The number of halogens is 2. The van der Waals surface area contributed by atoms with Crippen LogP contribution >= 0.6 is 31.9 Å². The maximum Gasteiger partial charge on any atom is 0.296 e. The minimum Gasteiger partial charge on any atom is -0.265 e. The zero-order valence-corrected chi connectivity index (χ0v) is 12.6. The van der Waals surface area contributed by atoms with Crippen LogP contribution in [0.2, 0.25) is 0 Å². The predicted octanol–water partition coefficient (Wildman–Crippen LogP) is 1.60. The molecule has 0 aromatic carbocycles. The van der Waals surface area contributed by atoms with Crippen LogP contribution in [0.3, 0.4) is 0 Å². The molecule has 90 valence electrons. The molecule has 0 aliphatic heterocycles. The Morgan fingerprint density at radius 3 is 2.50 bits per heavy atom. The lowest BCUT2D eigenvalue weighted by atomic mass is 10.3. The average molecular weight is 374 g/mol. The lowest BCUT2D eigenvalue weighted by Crippen LogP contribution is -2.33. The Balaban J connectivity index is 3.36. The molecule has 8 heteroatoms. The third-order valence-electron chi connectivity index (χ3n) is 1.65. The molecule has 0 fully saturated rings. The quantitative estimate of drug-likeness (QED) is 0.806. The molecule has 1 aromatic rings. The van der Waals surface area contributed by atoms with E-state index in [1.807, 2.05) is 0 Å². The highest BCUT2D eigenvalue weighted by Crippen LogP contribution is 2.17. The van der Waals surface area contributed by atoms with Crippen molar-refractivity contribution in [3.8, 4) is 0 Å². The van der Waals surface area contributed by atoms with Crippen LogP contribution in [-0.2, 0) is 10.0 Å². The minimum atomic E-state index is -3.69. The number of rotatable bonds is 3. The van der Waals surface area contributed by atoms with E-state index in [4.69, 9.17) is 0 Å². The topological polar surface area (TPSA) is 69.0 Å². The van der Waals surface area contributed by atoms with Gasteiger partial charge in [-0.05, 0) is 37.8 Å². The van der Waals surface area contributed by atoms with E-state index in [1.165, 1.54) is 6.20 Å². The largest absolute Gasteiger partial charge is 0.296 e. The molecule has 0 unspecified atom stereocenters. The maximum absolute atomic E-state index is 11.8. The molecule has 16 heavy (non-hydrogen) atoms. The average Bonchev–Trinajstić information content (AvgIpc) is 2.11. The third kappa shape index (κ3) is 2.92. The standard InChI is InChI=1S/C8H10Br2N2O3S/c1-5(2)4-16(14,15)12-8(13)7(10)6(9)3-11-12/h3,5H,4H2,1-2H3. The fourth-order valence-corrected chi connectivity index (χ4v) is 3.26. The zero-order chi connectivity index (χ0) is 12.5. The molecule has 1 rings (SSSR count). The Morgan fingerprint density at radius 2 is 2.00 bits per heavy atom. The van der Waals surface area contributed by atoms with Crippen LogP contribution in [-0.4, -0.2) is 23.4 Å². The first-order chi connectivity index (χ1) is 7.25. The summed E-state index contributed by atoms with van der Waals surface area (Å²) < 4.78 is 24.7. The summed E-state index contributed by atoms with van der Waals surface area (Å²) in [5.41, 5.74) is -0.685. The molecule has 0 aliphatic rings. The molecule has 0 aliphatic carbocycles. The molecular formula is C8H10Br2N2O3S. The Bertz CT molecular complexity index is 551. The molecule has 0 radical (unpaired) electrons. The van der Waals surface area contributed by atoms with Gasteiger partial charge in [0, 0.05) is 0 Å². The van der Waals surface area contributed by atoms with Crippen molar-refractivity contribution in [3.05, 3.63) is 25.5 Å². The van der Waals surface area contributed by atoms with Gasteiger partial charge in [0.1, 0.15) is 4.47 Å². The molecule has 0 amide bonds. The number of hydrogen-bond acceptors (Lipinski definition) is 4. The highest BCUT2D eigenvalue weighted by Gasteiger charge is 2.20. The van der Waals surface area contributed by atoms with Gasteiger partial charge in [-0.25, -0.2) is 8.42 Å². The molecule has 5 nitrogen and oxygen atoms in total. The first-order valence-corrected chi connectivity index (χ1v) is 7.62. The van der Waals surface area contributed by atoms with Gasteiger partial charge in [-0.2, -0.15) is 5.10 Å². The second-order valence-electron chi connectivity index (χ2n) is 3.63. The summed E-state index contributed by atoms with van der Waals surface area (Å²) in [4.78, 5) is 11.7. The van der Waals surface area contributed by atoms with Gasteiger partial charge < -0.3 is 0 Å². The van der Waals surface area contributed by atoms with Crippen molar-refractivity contribution in [2.24, 2.45) is 5.92 Å². The first kappa shape index (κ1) is 13.9. The summed E-state index contributed by atoms with van der Waals surface area (Å²) in [6.45, 7) is 3.52. The van der Waals surface area contributed by atoms with E-state index in [9.17, 15) is 13.2 Å². The second-order valence-corrected chi connectivity index (χ2v) is 7.12. The fourth-order valence-electron chi connectivity index (χ4n) is 1.09. The molecule has 0 bridgehead atoms. The highest BCUT2D eigenvalue weighted by atomic mass is 79.9. The van der Waals surface area contributed by atoms with E-state index in [0.29, 0.717) is 8.56 Å². The maximum atomic E-state index is 11.8.